The summed E-state index contributed by atoms with van der Waals surface area (Å²) in [5.74, 6) is 1.50. The second kappa shape index (κ2) is 11.0. The summed E-state index contributed by atoms with van der Waals surface area (Å²) in [5.41, 5.74) is 2.64. The number of methoxy groups -OCH3 is 2. The first kappa shape index (κ1) is 21.3. The summed E-state index contributed by atoms with van der Waals surface area (Å²) >= 11 is 1.14. The number of ether oxygens (including phenoxy) is 2. The van der Waals surface area contributed by atoms with Crippen LogP contribution >= 0.6 is 18.2 Å². The van der Waals surface area contributed by atoms with Crippen molar-refractivity contribution in [3.05, 3.63) is 23.8 Å². The molecule has 1 rings (SSSR count). The summed E-state index contributed by atoms with van der Waals surface area (Å²) < 4.78 is 33.4. The fraction of sp³-hybridized carbons (Fsp3) is 0.467. The molecule has 0 fully saturated rings. The van der Waals surface area contributed by atoms with Crippen molar-refractivity contribution in [2.75, 3.05) is 26.6 Å². The molecule has 0 aliphatic heterocycles. The SMILES string of the molecule is CCCSP(=O)(OCC)Oc1ccc(OC)cc1C=NNC(=O)OC. The standard InChI is InChI=1S/C15H23N2O6PS/c1-5-9-25-24(19,22-6-2)23-14-8-7-13(20-3)10-12(14)11-16-17-15(18)21-4/h7-8,10-11H,5-6,9H2,1-4H3,(H,17,18). The van der Waals surface area contributed by atoms with E-state index in [9.17, 15) is 9.36 Å². The van der Waals surface area contributed by atoms with Gasteiger partial charge < -0.3 is 14.0 Å². The normalized spacial score (nSPS) is 13.3. The Bertz CT molecular complexity index is 640. The van der Waals surface area contributed by atoms with E-state index in [0.717, 1.165) is 17.8 Å². The third kappa shape index (κ3) is 7.37. The number of hydrazone groups is 1. The average Bonchev–Trinajstić information content (AvgIpc) is 2.61. The van der Waals surface area contributed by atoms with Crippen LogP contribution in [0.25, 0.3) is 0 Å². The van der Waals surface area contributed by atoms with E-state index >= 15 is 0 Å². The molecular weight excluding hydrogens is 367 g/mol. The Morgan fingerprint density at radius 1 is 1.36 bits per heavy atom. The smallest absolute Gasteiger partial charge is 0.440 e. The Labute approximate surface area is 151 Å². The summed E-state index contributed by atoms with van der Waals surface area (Å²) in [6, 6.07) is 4.91. The molecule has 0 heterocycles. The zero-order valence-corrected chi connectivity index (χ0v) is 16.4. The van der Waals surface area contributed by atoms with Gasteiger partial charge in [-0.05, 0) is 42.9 Å². The fourth-order valence-corrected chi connectivity index (χ4v) is 5.08. The van der Waals surface area contributed by atoms with Crippen LogP contribution in [0.15, 0.2) is 23.3 Å². The van der Waals surface area contributed by atoms with E-state index < -0.39 is 12.9 Å². The zero-order chi connectivity index (χ0) is 18.7. The zero-order valence-electron chi connectivity index (χ0n) is 14.7. The van der Waals surface area contributed by atoms with Crippen LogP contribution in [0.3, 0.4) is 0 Å². The molecule has 0 aliphatic rings. The molecule has 8 nitrogen and oxygen atoms in total. The molecule has 25 heavy (non-hydrogen) atoms. The van der Waals surface area contributed by atoms with Crippen LogP contribution in [0.5, 0.6) is 11.5 Å². The number of nitrogens with zero attached hydrogens (tertiary/aromatic N) is 1. The van der Waals surface area contributed by atoms with Crippen molar-refractivity contribution in [3.8, 4) is 11.5 Å². The number of nitrogens with one attached hydrogen (secondary N) is 1. The van der Waals surface area contributed by atoms with Crippen molar-refractivity contribution in [2.24, 2.45) is 5.10 Å². The average molecular weight is 390 g/mol. The maximum absolute atomic E-state index is 12.8. The highest BCUT2D eigenvalue weighted by Crippen LogP contribution is 2.60. The molecule has 0 saturated heterocycles. The van der Waals surface area contributed by atoms with E-state index in [-0.39, 0.29) is 6.61 Å². The summed E-state index contributed by atoms with van der Waals surface area (Å²) in [6.07, 6.45) is 1.47. The number of hydrogen-bond acceptors (Lipinski definition) is 8. The maximum Gasteiger partial charge on any atom is 0.440 e. The van der Waals surface area contributed by atoms with Crippen LogP contribution in [-0.4, -0.2) is 38.9 Å². The minimum atomic E-state index is -3.36. The minimum absolute atomic E-state index is 0.261. The van der Waals surface area contributed by atoms with Gasteiger partial charge in [0.25, 0.3) is 0 Å². The summed E-state index contributed by atoms with van der Waals surface area (Å²) in [5, 5.41) is 3.76. The van der Waals surface area contributed by atoms with Crippen LogP contribution in [0.1, 0.15) is 25.8 Å². The molecule has 140 valence electrons. The number of benzene rings is 1. The Balaban J connectivity index is 3.07. The summed E-state index contributed by atoms with van der Waals surface area (Å²) in [7, 11) is 2.75. The molecule has 0 radical (unpaired) electrons. The van der Waals surface area contributed by atoms with Crippen molar-refractivity contribution in [3.63, 3.8) is 0 Å². The molecule has 0 bridgehead atoms. The molecule has 1 N–H and O–H groups in total. The molecule has 0 saturated carbocycles. The van der Waals surface area contributed by atoms with Gasteiger partial charge in [-0.2, -0.15) is 5.10 Å². The number of carbonyl (C=O) groups is 1. The van der Waals surface area contributed by atoms with Gasteiger partial charge in [0.1, 0.15) is 11.5 Å². The van der Waals surface area contributed by atoms with Gasteiger partial charge in [0.05, 0.1) is 27.0 Å². The Morgan fingerprint density at radius 2 is 2.12 bits per heavy atom. The molecule has 1 unspecified atom stereocenters. The fourth-order valence-electron chi connectivity index (χ4n) is 1.61. The molecule has 0 spiro atoms. The van der Waals surface area contributed by atoms with Crippen molar-refractivity contribution in [1.29, 1.82) is 0 Å². The van der Waals surface area contributed by atoms with Gasteiger partial charge in [-0.1, -0.05) is 6.92 Å². The van der Waals surface area contributed by atoms with Crippen molar-refractivity contribution in [2.45, 2.75) is 20.3 Å². The van der Waals surface area contributed by atoms with E-state index in [2.05, 4.69) is 15.3 Å². The van der Waals surface area contributed by atoms with E-state index in [0.29, 0.717) is 22.8 Å². The first-order valence-electron chi connectivity index (χ1n) is 7.61. The van der Waals surface area contributed by atoms with E-state index in [1.54, 1.807) is 25.1 Å². The summed E-state index contributed by atoms with van der Waals surface area (Å²) in [4.78, 5) is 11.1. The van der Waals surface area contributed by atoms with Gasteiger partial charge in [-0.3, -0.25) is 4.52 Å². The first-order valence-corrected chi connectivity index (χ1v) is 10.7. The van der Waals surface area contributed by atoms with Crippen molar-refractivity contribution in [1.82, 2.24) is 5.43 Å². The van der Waals surface area contributed by atoms with Crippen molar-refractivity contribution < 1.29 is 27.9 Å². The molecule has 10 heteroatoms. The molecular formula is C15H23N2O6PS. The van der Waals surface area contributed by atoms with Gasteiger partial charge in [0.15, 0.2) is 0 Å². The number of amides is 1. The lowest BCUT2D eigenvalue weighted by Gasteiger charge is -2.19. The quantitative estimate of drug-likeness (QED) is 0.366. The predicted octanol–water partition coefficient (Wildman–Crippen LogP) is 4.05. The highest BCUT2D eigenvalue weighted by molar-refractivity contribution is 8.55. The van der Waals surface area contributed by atoms with Gasteiger partial charge in [0, 0.05) is 11.3 Å². The third-order valence-corrected chi connectivity index (χ3v) is 6.65. The summed E-state index contributed by atoms with van der Waals surface area (Å²) in [6.45, 7) is 0.627. The monoisotopic (exact) mass is 390 g/mol. The van der Waals surface area contributed by atoms with Crippen LogP contribution in [0.4, 0.5) is 4.79 Å². The Kier molecular flexibility index (Phi) is 9.41. The van der Waals surface area contributed by atoms with Crippen LogP contribution in [0, 0.1) is 0 Å². The topological polar surface area (TPSA) is 95.5 Å². The number of carbonyl (C=O) groups excluding carboxylic acids is 1. The van der Waals surface area contributed by atoms with Crippen LogP contribution in [-0.2, 0) is 13.8 Å². The second-order valence-corrected chi connectivity index (χ2v) is 8.67. The predicted molar refractivity (Wildman–Crippen MR) is 98.7 cm³/mol. The highest BCUT2D eigenvalue weighted by atomic mass is 32.7. The maximum atomic E-state index is 12.8. The lowest BCUT2D eigenvalue weighted by molar-refractivity contribution is 0.171. The largest absolute Gasteiger partial charge is 0.497 e. The first-order chi connectivity index (χ1) is 12.0. The lowest BCUT2D eigenvalue weighted by atomic mass is 10.2. The Hall–Kier alpha value is -1.70. The highest BCUT2D eigenvalue weighted by Gasteiger charge is 2.27. The minimum Gasteiger partial charge on any atom is -0.497 e. The molecule has 1 aromatic carbocycles. The Morgan fingerprint density at radius 3 is 2.72 bits per heavy atom. The third-order valence-electron chi connectivity index (χ3n) is 2.71. The van der Waals surface area contributed by atoms with Crippen LogP contribution < -0.4 is 14.7 Å². The lowest BCUT2D eigenvalue weighted by Crippen LogP contribution is -2.16. The van der Waals surface area contributed by atoms with Gasteiger partial charge in [-0.25, -0.2) is 14.8 Å². The number of hydrogen-bond donors (Lipinski definition) is 1. The molecule has 0 aromatic heterocycles. The molecule has 0 aliphatic carbocycles. The second-order valence-electron chi connectivity index (χ2n) is 4.55. The number of rotatable bonds is 10. The molecule has 1 atom stereocenters. The van der Waals surface area contributed by atoms with E-state index in [1.807, 2.05) is 6.92 Å². The molecule has 1 amide bonds. The van der Waals surface area contributed by atoms with Gasteiger partial charge in [-0.15, -0.1) is 0 Å². The van der Waals surface area contributed by atoms with E-state index in [1.165, 1.54) is 20.4 Å². The van der Waals surface area contributed by atoms with Gasteiger partial charge >= 0.3 is 12.9 Å². The van der Waals surface area contributed by atoms with Crippen molar-refractivity contribution >= 4 is 30.5 Å². The van der Waals surface area contributed by atoms with Gasteiger partial charge in [0.2, 0.25) is 0 Å². The molecule has 1 aromatic rings. The van der Waals surface area contributed by atoms with E-state index in [4.69, 9.17) is 13.8 Å². The van der Waals surface area contributed by atoms with Crippen LogP contribution in [0.2, 0.25) is 0 Å².